The Morgan fingerprint density at radius 3 is 2.43 bits per heavy atom. The minimum absolute atomic E-state index is 0.228. The Kier molecular flexibility index (Phi) is 5.35. The molecular formula is C24H17F3O2S. The molecule has 0 aliphatic rings. The van der Waals surface area contributed by atoms with Gasteiger partial charge in [-0.15, -0.1) is 11.3 Å². The van der Waals surface area contributed by atoms with Crippen molar-refractivity contribution in [1.82, 2.24) is 0 Å². The van der Waals surface area contributed by atoms with E-state index in [-0.39, 0.29) is 5.56 Å². The summed E-state index contributed by atoms with van der Waals surface area (Å²) in [5.74, 6) is -0.975. The van der Waals surface area contributed by atoms with Crippen LogP contribution in [0, 0.1) is 0 Å². The van der Waals surface area contributed by atoms with Crippen molar-refractivity contribution in [2.75, 3.05) is 0 Å². The summed E-state index contributed by atoms with van der Waals surface area (Å²) in [4.78, 5) is 12.4. The molecule has 0 amide bonds. The number of carbonyl (C=O) groups is 1. The summed E-state index contributed by atoms with van der Waals surface area (Å²) in [6, 6.07) is 20.2. The van der Waals surface area contributed by atoms with E-state index in [0.29, 0.717) is 18.4 Å². The van der Waals surface area contributed by atoms with E-state index in [2.05, 4.69) is 6.07 Å². The summed E-state index contributed by atoms with van der Waals surface area (Å²) >= 11 is 1.59. The zero-order valence-corrected chi connectivity index (χ0v) is 16.6. The first-order chi connectivity index (χ1) is 14.3. The molecule has 0 fully saturated rings. The van der Waals surface area contributed by atoms with Gasteiger partial charge < -0.3 is 5.11 Å². The molecule has 1 N–H and O–H groups in total. The maximum absolute atomic E-state index is 12.9. The highest BCUT2D eigenvalue weighted by atomic mass is 32.1. The number of carboxylic acids is 1. The van der Waals surface area contributed by atoms with Crippen LogP contribution in [-0.4, -0.2) is 11.1 Å². The Morgan fingerprint density at radius 2 is 1.67 bits per heavy atom. The van der Waals surface area contributed by atoms with E-state index in [0.717, 1.165) is 32.2 Å². The fourth-order valence-corrected chi connectivity index (χ4v) is 4.65. The predicted molar refractivity (Wildman–Crippen MR) is 113 cm³/mol. The van der Waals surface area contributed by atoms with E-state index < -0.39 is 17.7 Å². The molecule has 0 atom stereocenters. The van der Waals surface area contributed by atoms with Gasteiger partial charge in [0.15, 0.2) is 0 Å². The smallest absolute Gasteiger partial charge is 0.416 e. The number of halogens is 3. The molecule has 6 heteroatoms. The van der Waals surface area contributed by atoms with Crippen molar-refractivity contribution in [2.45, 2.75) is 19.0 Å². The molecule has 0 aliphatic carbocycles. The first-order valence-electron chi connectivity index (χ1n) is 9.32. The van der Waals surface area contributed by atoms with Gasteiger partial charge in [0, 0.05) is 9.58 Å². The van der Waals surface area contributed by atoms with Crippen LogP contribution in [0.15, 0.2) is 72.8 Å². The van der Waals surface area contributed by atoms with E-state index >= 15 is 0 Å². The number of aromatic carboxylic acids is 1. The Morgan fingerprint density at radius 1 is 0.900 bits per heavy atom. The molecule has 0 unspecified atom stereocenters. The van der Waals surface area contributed by atoms with Crippen LogP contribution in [0.25, 0.3) is 21.2 Å². The van der Waals surface area contributed by atoms with E-state index in [1.807, 2.05) is 24.3 Å². The van der Waals surface area contributed by atoms with Gasteiger partial charge in [-0.25, -0.2) is 4.79 Å². The molecule has 0 saturated heterocycles. The largest absolute Gasteiger partial charge is 0.478 e. The Hall–Kier alpha value is -3.12. The maximum Gasteiger partial charge on any atom is 0.416 e. The summed E-state index contributed by atoms with van der Waals surface area (Å²) in [6.45, 7) is 0. The predicted octanol–water partition coefficient (Wildman–Crippen LogP) is 7.07. The quantitative estimate of drug-likeness (QED) is 0.371. The van der Waals surface area contributed by atoms with Gasteiger partial charge in [-0.3, -0.25) is 0 Å². The molecule has 0 bridgehead atoms. The third-order valence-corrected chi connectivity index (χ3v) is 6.17. The molecule has 1 aromatic heterocycles. The zero-order valence-electron chi connectivity index (χ0n) is 15.7. The lowest BCUT2D eigenvalue weighted by Crippen LogP contribution is -2.05. The van der Waals surface area contributed by atoms with Gasteiger partial charge in [0.25, 0.3) is 0 Å². The van der Waals surface area contributed by atoms with Crippen LogP contribution in [0.1, 0.15) is 26.4 Å². The minimum atomic E-state index is -4.34. The number of thiophene rings is 1. The molecule has 3 aromatic carbocycles. The van der Waals surface area contributed by atoms with Gasteiger partial charge in [0.2, 0.25) is 0 Å². The average molecular weight is 426 g/mol. The first-order valence-corrected chi connectivity index (χ1v) is 10.1. The highest BCUT2D eigenvalue weighted by Crippen LogP contribution is 2.36. The summed E-state index contributed by atoms with van der Waals surface area (Å²) in [7, 11) is 0. The number of hydrogen-bond acceptors (Lipinski definition) is 2. The van der Waals surface area contributed by atoms with Gasteiger partial charge in [-0.1, -0.05) is 48.5 Å². The molecule has 4 rings (SSSR count). The lowest BCUT2D eigenvalue weighted by atomic mass is 10.0. The van der Waals surface area contributed by atoms with Crippen molar-refractivity contribution in [3.63, 3.8) is 0 Å². The second kappa shape index (κ2) is 7.95. The van der Waals surface area contributed by atoms with Crippen LogP contribution in [0.2, 0.25) is 0 Å². The van der Waals surface area contributed by atoms with Crippen molar-refractivity contribution < 1.29 is 23.1 Å². The van der Waals surface area contributed by atoms with E-state index in [9.17, 15) is 23.1 Å². The van der Waals surface area contributed by atoms with Gasteiger partial charge in [-0.05, 0) is 59.2 Å². The highest BCUT2D eigenvalue weighted by Gasteiger charge is 2.30. The first kappa shape index (κ1) is 20.2. The van der Waals surface area contributed by atoms with Crippen LogP contribution >= 0.6 is 11.3 Å². The number of alkyl halides is 3. The SMILES string of the molecule is O=C(O)c1cccc(-c2cccc3cc(CCc4cccc(C(F)(F)F)c4)sc23)c1. The van der Waals surface area contributed by atoms with Crippen LogP contribution in [0.4, 0.5) is 13.2 Å². The van der Waals surface area contributed by atoms with Crippen molar-refractivity contribution >= 4 is 27.4 Å². The molecule has 1 heterocycles. The van der Waals surface area contributed by atoms with Crippen LogP contribution in [-0.2, 0) is 19.0 Å². The average Bonchev–Trinajstić information content (AvgIpc) is 3.15. The van der Waals surface area contributed by atoms with Crippen molar-refractivity contribution in [1.29, 1.82) is 0 Å². The molecule has 0 saturated carbocycles. The summed E-state index contributed by atoms with van der Waals surface area (Å²) in [6.07, 6.45) is -3.19. The monoisotopic (exact) mass is 426 g/mol. The highest BCUT2D eigenvalue weighted by molar-refractivity contribution is 7.19. The van der Waals surface area contributed by atoms with Gasteiger partial charge in [0.05, 0.1) is 11.1 Å². The fraction of sp³-hybridized carbons (Fsp3) is 0.125. The lowest BCUT2D eigenvalue weighted by molar-refractivity contribution is -0.137. The Bertz CT molecular complexity index is 1220. The number of fused-ring (bicyclic) bond motifs is 1. The van der Waals surface area contributed by atoms with Crippen LogP contribution < -0.4 is 0 Å². The third-order valence-electron chi connectivity index (χ3n) is 4.93. The molecule has 152 valence electrons. The number of hydrogen-bond donors (Lipinski definition) is 1. The summed E-state index contributed by atoms with van der Waals surface area (Å²) < 4.78 is 39.8. The molecule has 4 aromatic rings. The summed E-state index contributed by atoms with van der Waals surface area (Å²) in [5, 5.41) is 10.3. The summed E-state index contributed by atoms with van der Waals surface area (Å²) in [5.41, 5.74) is 2.03. The number of benzene rings is 3. The molecule has 30 heavy (non-hydrogen) atoms. The topological polar surface area (TPSA) is 37.3 Å². The third kappa shape index (κ3) is 4.24. The maximum atomic E-state index is 12.9. The fourth-order valence-electron chi connectivity index (χ4n) is 3.46. The zero-order chi connectivity index (χ0) is 21.3. The van der Waals surface area contributed by atoms with E-state index in [1.165, 1.54) is 12.1 Å². The normalized spacial score (nSPS) is 11.7. The number of rotatable bonds is 5. The lowest BCUT2D eigenvalue weighted by Gasteiger charge is -2.08. The minimum Gasteiger partial charge on any atom is -0.478 e. The van der Waals surface area contributed by atoms with E-state index in [4.69, 9.17) is 0 Å². The molecule has 0 aliphatic heterocycles. The molecule has 2 nitrogen and oxygen atoms in total. The van der Waals surface area contributed by atoms with Gasteiger partial charge in [0.1, 0.15) is 0 Å². The Balaban J connectivity index is 1.61. The van der Waals surface area contributed by atoms with E-state index in [1.54, 1.807) is 35.6 Å². The van der Waals surface area contributed by atoms with Crippen molar-refractivity contribution in [2.24, 2.45) is 0 Å². The second-order valence-electron chi connectivity index (χ2n) is 7.02. The number of carboxylic acid groups (broad SMARTS) is 1. The Labute approximate surface area is 175 Å². The number of aryl methyl sites for hydroxylation is 2. The van der Waals surface area contributed by atoms with Gasteiger partial charge >= 0.3 is 12.1 Å². The van der Waals surface area contributed by atoms with Gasteiger partial charge in [-0.2, -0.15) is 13.2 Å². The second-order valence-corrected chi connectivity index (χ2v) is 8.16. The van der Waals surface area contributed by atoms with Crippen LogP contribution in [0.5, 0.6) is 0 Å². The van der Waals surface area contributed by atoms with Crippen molar-refractivity contribution in [3.8, 4) is 11.1 Å². The molecule has 0 spiro atoms. The van der Waals surface area contributed by atoms with Crippen molar-refractivity contribution in [3.05, 3.63) is 94.4 Å². The van der Waals surface area contributed by atoms with Crippen LogP contribution in [0.3, 0.4) is 0 Å². The standard InChI is InChI=1S/C24H17F3O2S/c25-24(26,27)19-8-1-4-15(12-19)10-11-20-14-17-6-3-9-21(22(17)30-20)16-5-2-7-18(13-16)23(28)29/h1-9,12-14H,10-11H2,(H,28,29). The molecular weight excluding hydrogens is 409 g/mol. The molecule has 0 radical (unpaired) electrons.